The van der Waals surface area contributed by atoms with E-state index in [0.717, 1.165) is 70.4 Å². The first-order valence-electron chi connectivity index (χ1n) is 13.5. The number of ether oxygens (including phenoxy) is 1. The molecule has 39 heavy (non-hydrogen) atoms. The minimum Gasteiger partial charge on any atom is -0.382 e. The third-order valence-corrected chi connectivity index (χ3v) is 7.72. The highest BCUT2D eigenvalue weighted by molar-refractivity contribution is 5.91. The normalized spacial score (nSPS) is 17.5. The van der Waals surface area contributed by atoms with E-state index in [9.17, 15) is 4.79 Å². The number of carbonyl (C=O) groups excluding carboxylic acids is 1. The summed E-state index contributed by atoms with van der Waals surface area (Å²) in [5.41, 5.74) is 12.0. The molecule has 8 heteroatoms. The van der Waals surface area contributed by atoms with Crippen LogP contribution in [0.5, 0.6) is 0 Å². The lowest BCUT2D eigenvalue weighted by Gasteiger charge is -2.28. The average molecular weight is 521 g/mol. The van der Waals surface area contributed by atoms with E-state index >= 15 is 0 Å². The monoisotopic (exact) mass is 520 g/mol. The molecule has 0 unspecified atom stereocenters. The molecule has 3 heterocycles. The molecule has 1 amide bonds. The van der Waals surface area contributed by atoms with Crippen LogP contribution in [0.15, 0.2) is 73.1 Å². The number of nitrogens with two attached hydrogens (primary N) is 1. The summed E-state index contributed by atoms with van der Waals surface area (Å²) in [7, 11) is 1.53. The summed E-state index contributed by atoms with van der Waals surface area (Å²) in [6, 6.07) is 20.6. The van der Waals surface area contributed by atoms with Gasteiger partial charge in [-0.1, -0.05) is 48.5 Å². The van der Waals surface area contributed by atoms with Gasteiger partial charge in [-0.3, -0.25) is 9.20 Å². The van der Waals surface area contributed by atoms with Crippen molar-refractivity contribution >= 4 is 28.1 Å². The van der Waals surface area contributed by atoms with Crippen molar-refractivity contribution in [1.82, 2.24) is 24.7 Å². The minimum absolute atomic E-state index is 0.0627. The second-order valence-corrected chi connectivity index (χ2v) is 10.3. The number of aromatic nitrogens is 4. The number of nitrogens with one attached hydrogen (secondary N) is 1. The van der Waals surface area contributed by atoms with Crippen molar-refractivity contribution in [2.45, 2.75) is 31.6 Å². The second kappa shape index (κ2) is 10.8. The zero-order valence-electron chi connectivity index (χ0n) is 22.0. The maximum absolute atomic E-state index is 11.8. The summed E-state index contributed by atoms with van der Waals surface area (Å²) in [6.45, 7) is 0.792. The molecule has 3 N–H and O–H groups in total. The van der Waals surface area contributed by atoms with Crippen LogP contribution >= 0.6 is 0 Å². The molecule has 0 spiro atoms. The van der Waals surface area contributed by atoms with Gasteiger partial charge in [0.25, 0.3) is 0 Å². The molecule has 6 rings (SSSR count). The maximum Gasteiger partial charge on any atom is 0.245 e. The first kappa shape index (κ1) is 25.0. The molecule has 0 radical (unpaired) electrons. The fourth-order valence-electron chi connectivity index (χ4n) is 5.68. The molecule has 0 bridgehead atoms. The van der Waals surface area contributed by atoms with Crippen LogP contribution in [0.2, 0.25) is 0 Å². The number of nitrogens with zero attached hydrogens (tertiary/aromatic N) is 4. The second-order valence-electron chi connectivity index (χ2n) is 10.3. The van der Waals surface area contributed by atoms with Crippen LogP contribution in [-0.4, -0.2) is 45.5 Å². The standard InChI is InChI=1S/C31H32N6O2/c1-39-19-27(38)34-18-20-7-9-23(10-8-20)31-36-28(29-30(32)33-15-16-37(29)31)24-12-11-22-13-14-25(35-26(22)17-24)21-5-3-2-4-6-21/h2-6,11-17,20,23H,7-10,18-19H2,1H3,(H2,32,33)(H,34,38)/t20-,23-. The van der Waals surface area contributed by atoms with Crippen molar-refractivity contribution in [2.75, 3.05) is 26.0 Å². The van der Waals surface area contributed by atoms with Crippen LogP contribution in [0.4, 0.5) is 5.82 Å². The predicted octanol–water partition coefficient (Wildman–Crippen LogP) is 5.23. The molecule has 1 fully saturated rings. The van der Waals surface area contributed by atoms with Gasteiger partial charge in [0.1, 0.15) is 29.5 Å². The first-order valence-corrected chi connectivity index (χ1v) is 13.5. The molecule has 1 aliphatic carbocycles. The fourth-order valence-corrected chi connectivity index (χ4v) is 5.68. The summed E-state index contributed by atoms with van der Waals surface area (Å²) >= 11 is 0. The van der Waals surface area contributed by atoms with E-state index in [1.54, 1.807) is 6.20 Å². The Bertz CT molecular complexity index is 1620. The van der Waals surface area contributed by atoms with Crippen LogP contribution in [-0.2, 0) is 9.53 Å². The molecule has 1 saturated carbocycles. The molecular formula is C31H32N6O2. The highest BCUT2D eigenvalue weighted by Crippen LogP contribution is 2.39. The summed E-state index contributed by atoms with van der Waals surface area (Å²) in [5, 5.41) is 4.06. The van der Waals surface area contributed by atoms with Gasteiger partial charge in [0.2, 0.25) is 5.91 Å². The fraction of sp³-hybridized carbons (Fsp3) is 0.290. The molecule has 2 aromatic carbocycles. The van der Waals surface area contributed by atoms with Crippen molar-refractivity contribution in [3.05, 3.63) is 78.9 Å². The first-order chi connectivity index (χ1) is 19.1. The molecule has 198 valence electrons. The minimum atomic E-state index is -0.0627. The highest BCUT2D eigenvalue weighted by Gasteiger charge is 2.28. The third kappa shape index (κ3) is 5.07. The Morgan fingerprint density at radius 3 is 2.62 bits per heavy atom. The molecule has 0 aliphatic heterocycles. The quantitative estimate of drug-likeness (QED) is 0.304. The van der Waals surface area contributed by atoms with Gasteiger partial charge in [-0.25, -0.2) is 15.0 Å². The van der Waals surface area contributed by atoms with E-state index in [1.165, 1.54) is 7.11 Å². The third-order valence-electron chi connectivity index (χ3n) is 7.72. The van der Waals surface area contributed by atoms with Gasteiger partial charge < -0.3 is 15.8 Å². The van der Waals surface area contributed by atoms with Crippen LogP contribution in [0, 0.1) is 5.92 Å². The van der Waals surface area contributed by atoms with Gasteiger partial charge in [0, 0.05) is 48.5 Å². The van der Waals surface area contributed by atoms with Crippen molar-refractivity contribution in [2.24, 2.45) is 5.92 Å². The zero-order valence-corrected chi connectivity index (χ0v) is 22.0. The Labute approximate surface area is 227 Å². The van der Waals surface area contributed by atoms with E-state index < -0.39 is 0 Å². The largest absolute Gasteiger partial charge is 0.382 e. The molecule has 0 atom stereocenters. The number of benzene rings is 2. The van der Waals surface area contributed by atoms with E-state index in [4.69, 9.17) is 20.4 Å². The number of rotatable bonds is 7. The predicted molar refractivity (Wildman–Crippen MR) is 153 cm³/mol. The Morgan fingerprint density at radius 1 is 1.03 bits per heavy atom. The van der Waals surface area contributed by atoms with E-state index in [-0.39, 0.29) is 12.5 Å². The van der Waals surface area contributed by atoms with E-state index in [1.807, 2.05) is 24.4 Å². The molecule has 3 aromatic heterocycles. The maximum atomic E-state index is 11.8. The number of nitrogen functional groups attached to an aromatic ring is 1. The van der Waals surface area contributed by atoms with Crippen molar-refractivity contribution in [1.29, 1.82) is 0 Å². The molecular weight excluding hydrogens is 488 g/mol. The Balaban J connectivity index is 1.31. The van der Waals surface area contributed by atoms with Gasteiger partial charge in [0.05, 0.1) is 11.2 Å². The summed E-state index contributed by atoms with van der Waals surface area (Å²) < 4.78 is 7.03. The van der Waals surface area contributed by atoms with Crippen LogP contribution in [0.1, 0.15) is 37.4 Å². The van der Waals surface area contributed by atoms with Gasteiger partial charge in [0.15, 0.2) is 0 Å². The topological polar surface area (TPSA) is 107 Å². The molecule has 8 nitrogen and oxygen atoms in total. The number of hydrogen-bond donors (Lipinski definition) is 2. The average Bonchev–Trinajstić information content (AvgIpc) is 3.37. The zero-order chi connectivity index (χ0) is 26.8. The SMILES string of the molecule is COCC(=O)NC[C@H]1CC[C@H](c2nc(-c3ccc4ccc(-c5ccccc5)nc4c3)c3c(N)nccn32)CC1. The number of fused-ring (bicyclic) bond motifs is 2. The highest BCUT2D eigenvalue weighted by atomic mass is 16.5. The lowest BCUT2D eigenvalue weighted by molar-refractivity contribution is -0.124. The van der Waals surface area contributed by atoms with Gasteiger partial charge in [-0.15, -0.1) is 0 Å². The lowest BCUT2D eigenvalue weighted by Crippen LogP contribution is -2.33. The Hall–Kier alpha value is -4.30. The van der Waals surface area contributed by atoms with Crippen LogP contribution in [0.3, 0.4) is 0 Å². The van der Waals surface area contributed by atoms with Crippen molar-refractivity contribution < 1.29 is 9.53 Å². The number of anilines is 1. The Kier molecular flexibility index (Phi) is 6.94. The smallest absolute Gasteiger partial charge is 0.245 e. The van der Waals surface area contributed by atoms with Crippen molar-refractivity contribution in [3.63, 3.8) is 0 Å². The molecule has 1 aliphatic rings. The number of amides is 1. The van der Waals surface area contributed by atoms with Gasteiger partial charge in [-0.2, -0.15) is 0 Å². The summed E-state index contributed by atoms with van der Waals surface area (Å²) in [4.78, 5) is 26.3. The molecule has 0 saturated heterocycles. The number of hydrogen-bond acceptors (Lipinski definition) is 6. The van der Waals surface area contributed by atoms with Gasteiger partial charge >= 0.3 is 0 Å². The van der Waals surface area contributed by atoms with E-state index in [2.05, 4.69) is 57.2 Å². The van der Waals surface area contributed by atoms with E-state index in [0.29, 0.717) is 24.2 Å². The number of methoxy groups -OCH3 is 1. The van der Waals surface area contributed by atoms with Crippen molar-refractivity contribution in [3.8, 4) is 22.5 Å². The summed E-state index contributed by atoms with van der Waals surface area (Å²) in [6.07, 6.45) is 7.77. The molecule has 5 aromatic rings. The van der Waals surface area contributed by atoms with Crippen LogP contribution in [0.25, 0.3) is 38.9 Å². The Morgan fingerprint density at radius 2 is 1.82 bits per heavy atom. The number of pyridine rings is 1. The van der Waals surface area contributed by atoms with Crippen LogP contribution < -0.4 is 11.1 Å². The number of imidazole rings is 1. The lowest BCUT2D eigenvalue weighted by atomic mass is 9.81. The number of carbonyl (C=O) groups is 1. The summed E-state index contributed by atoms with van der Waals surface area (Å²) in [5.74, 6) is 2.19. The van der Waals surface area contributed by atoms with Gasteiger partial charge in [-0.05, 0) is 43.7 Å².